The van der Waals surface area contributed by atoms with Crippen LogP contribution in [0.3, 0.4) is 0 Å². The molecule has 1 aromatic carbocycles. The standard InChI is InChI=1S/C16H19N3O3/c1-3-11(12(4-2)14(17)21)13(20)15-18-16(22-19-15)10-8-6-5-7-9-10/h5-9,11-12H,3-4H2,1-2H3,(H2,17,21)/t11-,12?/m0/s1. The molecule has 6 heteroatoms. The number of ketones is 1. The van der Waals surface area contributed by atoms with Gasteiger partial charge in [0.25, 0.3) is 5.89 Å². The van der Waals surface area contributed by atoms with Crippen molar-refractivity contribution in [3.63, 3.8) is 0 Å². The van der Waals surface area contributed by atoms with Gasteiger partial charge in [-0.1, -0.05) is 37.2 Å². The zero-order chi connectivity index (χ0) is 16.1. The van der Waals surface area contributed by atoms with E-state index in [1.807, 2.05) is 44.2 Å². The van der Waals surface area contributed by atoms with Gasteiger partial charge in [0.05, 0.1) is 0 Å². The van der Waals surface area contributed by atoms with Gasteiger partial charge in [-0.15, -0.1) is 0 Å². The van der Waals surface area contributed by atoms with Crippen LogP contribution in [0.4, 0.5) is 0 Å². The first-order valence-corrected chi connectivity index (χ1v) is 7.31. The predicted molar refractivity (Wildman–Crippen MR) is 80.8 cm³/mol. The van der Waals surface area contributed by atoms with E-state index in [9.17, 15) is 9.59 Å². The number of primary amides is 1. The van der Waals surface area contributed by atoms with E-state index in [1.54, 1.807) is 0 Å². The fraction of sp³-hybridized carbons (Fsp3) is 0.375. The van der Waals surface area contributed by atoms with Crippen molar-refractivity contribution < 1.29 is 14.1 Å². The Morgan fingerprint density at radius 1 is 1.14 bits per heavy atom. The van der Waals surface area contributed by atoms with E-state index >= 15 is 0 Å². The lowest BCUT2D eigenvalue weighted by atomic mass is 9.84. The summed E-state index contributed by atoms with van der Waals surface area (Å²) < 4.78 is 5.14. The van der Waals surface area contributed by atoms with E-state index in [2.05, 4.69) is 10.1 Å². The summed E-state index contributed by atoms with van der Waals surface area (Å²) >= 11 is 0. The van der Waals surface area contributed by atoms with Crippen LogP contribution in [0, 0.1) is 11.8 Å². The van der Waals surface area contributed by atoms with Gasteiger partial charge < -0.3 is 10.3 Å². The molecule has 0 spiro atoms. The van der Waals surface area contributed by atoms with Crippen molar-refractivity contribution in [2.45, 2.75) is 26.7 Å². The summed E-state index contributed by atoms with van der Waals surface area (Å²) in [5.74, 6) is -1.55. The van der Waals surface area contributed by atoms with E-state index in [0.29, 0.717) is 12.8 Å². The highest BCUT2D eigenvalue weighted by Gasteiger charge is 2.32. The van der Waals surface area contributed by atoms with E-state index < -0.39 is 17.7 Å². The van der Waals surface area contributed by atoms with Gasteiger partial charge in [0.1, 0.15) is 0 Å². The van der Waals surface area contributed by atoms with Crippen molar-refractivity contribution in [2.75, 3.05) is 0 Å². The number of nitrogens with zero attached hydrogens (tertiary/aromatic N) is 2. The molecule has 1 aromatic heterocycles. The van der Waals surface area contributed by atoms with Gasteiger partial charge in [-0.05, 0) is 25.0 Å². The third-order valence-electron chi connectivity index (χ3n) is 3.73. The van der Waals surface area contributed by atoms with Gasteiger partial charge in [0, 0.05) is 17.4 Å². The lowest BCUT2D eigenvalue weighted by molar-refractivity contribution is -0.123. The fourth-order valence-corrected chi connectivity index (χ4v) is 2.52. The quantitative estimate of drug-likeness (QED) is 0.792. The van der Waals surface area contributed by atoms with Crippen LogP contribution in [-0.2, 0) is 4.79 Å². The van der Waals surface area contributed by atoms with Crippen LogP contribution in [0.25, 0.3) is 11.5 Å². The smallest absolute Gasteiger partial charge is 0.258 e. The van der Waals surface area contributed by atoms with Crippen molar-refractivity contribution in [1.82, 2.24) is 10.1 Å². The van der Waals surface area contributed by atoms with Crippen molar-refractivity contribution >= 4 is 11.7 Å². The van der Waals surface area contributed by atoms with Gasteiger partial charge in [0.2, 0.25) is 17.5 Å². The Hall–Kier alpha value is -2.50. The normalized spacial score (nSPS) is 13.5. The maximum absolute atomic E-state index is 12.5. The van der Waals surface area contributed by atoms with E-state index in [4.69, 9.17) is 10.3 Å². The number of amides is 1. The van der Waals surface area contributed by atoms with Gasteiger partial charge >= 0.3 is 0 Å². The molecule has 22 heavy (non-hydrogen) atoms. The summed E-state index contributed by atoms with van der Waals surface area (Å²) in [6.45, 7) is 3.67. The van der Waals surface area contributed by atoms with Gasteiger partial charge in [0.15, 0.2) is 0 Å². The highest BCUT2D eigenvalue weighted by Crippen LogP contribution is 2.24. The molecule has 1 heterocycles. The average Bonchev–Trinajstić information content (AvgIpc) is 3.02. The molecule has 0 saturated carbocycles. The van der Waals surface area contributed by atoms with Gasteiger partial charge in [-0.25, -0.2) is 0 Å². The maximum atomic E-state index is 12.5. The maximum Gasteiger partial charge on any atom is 0.258 e. The zero-order valence-electron chi connectivity index (χ0n) is 12.7. The van der Waals surface area contributed by atoms with Crippen LogP contribution in [0.2, 0.25) is 0 Å². The van der Waals surface area contributed by atoms with Crippen LogP contribution >= 0.6 is 0 Å². The molecular formula is C16H19N3O3. The topological polar surface area (TPSA) is 99.1 Å². The lowest BCUT2D eigenvalue weighted by Crippen LogP contribution is -2.34. The Balaban J connectivity index is 2.26. The summed E-state index contributed by atoms with van der Waals surface area (Å²) in [5, 5.41) is 3.75. The van der Waals surface area contributed by atoms with Crippen molar-refractivity contribution in [3.8, 4) is 11.5 Å². The fourth-order valence-electron chi connectivity index (χ4n) is 2.52. The van der Waals surface area contributed by atoms with E-state index in [-0.39, 0.29) is 17.5 Å². The number of carbonyl (C=O) groups is 2. The monoisotopic (exact) mass is 301 g/mol. The number of aromatic nitrogens is 2. The summed E-state index contributed by atoms with van der Waals surface area (Å²) in [6.07, 6.45) is 0.998. The number of carbonyl (C=O) groups excluding carboxylic acids is 2. The molecule has 2 N–H and O–H groups in total. The predicted octanol–water partition coefficient (Wildman–Crippen LogP) is 2.46. The Morgan fingerprint density at radius 3 is 2.32 bits per heavy atom. The second-order valence-electron chi connectivity index (χ2n) is 5.09. The molecule has 2 aromatic rings. The van der Waals surface area contributed by atoms with Crippen molar-refractivity contribution in [3.05, 3.63) is 36.2 Å². The summed E-state index contributed by atoms with van der Waals surface area (Å²) in [4.78, 5) is 28.2. The molecular weight excluding hydrogens is 282 g/mol. The molecule has 0 fully saturated rings. The lowest BCUT2D eigenvalue weighted by Gasteiger charge is -2.19. The van der Waals surface area contributed by atoms with Crippen molar-refractivity contribution in [1.29, 1.82) is 0 Å². The van der Waals surface area contributed by atoms with Crippen LogP contribution in [-0.4, -0.2) is 21.8 Å². The van der Waals surface area contributed by atoms with E-state index in [0.717, 1.165) is 5.56 Å². The summed E-state index contributed by atoms with van der Waals surface area (Å²) in [6, 6.07) is 9.19. The molecule has 1 unspecified atom stereocenters. The Kier molecular flexibility index (Phi) is 5.04. The third kappa shape index (κ3) is 3.21. The second kappa shape index (κ2) is 6.98. The zero-order valence-corrected chi connectivity index (χ0v) is 12.7. The Bertz CT molecular complexity index is 652. The van der Waals surface area contributed by atoms with Gasteiger partial charge in [-0.2, -0.15) is 4.98 Å². The molecule has 116 valence electrons. The van der Waals surface area contributed by atoms with Crippen LogP contribution in [0.15, 0.2) is 34.9 Å². The molecule has 6 nitrogen and oxygen atoms in total. The minimum absolute atomic E-state index is 0.00889. The van der Waals surface area contributed by atoms with Crippen LogP contribution in [0.1, 0.15) is 37.3 Å². The van der Waals surface area contributed by atoms with Gasteiger partial charge in [-0.3, -0.25) is 9.59 Å². The molecule has 0 aliphatic carbocycles. The number of rotatable bonds is 7. The minimum atomic E-state index is -0.524. The molecule has 0 aliphatic heterocycles. The number of hydrogen-bond acceptors (Lipinski definition) is 5. The molecule has 0 aliphatic rings. The molecule has 0 radical (unpaired) electrons. The summed E-state index contributed by atoms with van der Waals surface area (Å²) in [5.41, 5.74) is 6.12. The SMILES string of the molecule is CCC(C(N)=O)[C@H](CC)C(=O)c1noc(-c2ccccc2)n1. The first kappa shape index (κ1) is 15.9. The van der Waals surface area contributed by atoms with E-state index in [1.165, 1.54) is 0 Å². The van der Waals surface area contributed by atoms with Crippen LogP contribution in [0.5, 0.6) is 0 Å². The van der Waals surface area contributed by atoms with Crippen molar-refractivity contribution in [2.24, 2.45) is 17.6 Å². The second-order valence-corrected chi connectivity index (χ2v) is 5.09. The first-order chi connectivity index (χ1) is 10.6. The Labute approximate surface area is 128 Å². The molecule has 1 amide bonds. The van der Waals surface area contributed by atoms with Crippen LogP contribution < -0.4 is 5.73 Å². The average molecular weight is 301 g/mol. The highest BCUT2D eigenvalue weighted by atomic mass is 16.5. The highest BCUT2D eigenvalue weighted by molar-refractivity contribution is 5.97. The largest absolute Gasteiger partial charge is 0.369 e. The number of benzene rings is 1. The molecule has 0 saturated heterocycles. The molecule has 0 bridgehead atoms. The number of hydrogen-bond donors (Lipinski definition) is 1. The number of Topliss-reactive ketones (excluding diaryl/α,β-unsaturated/α-hetero) is 1. The molecule has 2 rings (SSSR count). The number of nitrogens with two attached hydrogens (primary N) is 1. The Morgan fingerprint density at radius 2 is 1.77 bits per heavy atom. The molecule has 2 atom stereocenters. The third-order valence-corrected chi connectivity index (χ3v) is 3.73. The minimum Gasteiger partial charge on any atom is -0.369 e. The summed E-state index contributed by atoms with van der Waals surface area (Å²) in [7, 11) is 0. The first-order valence-electron chi connectivity index (χ1n) is 7.31.